The van der Waals surface area contributed by atoms with Crippen molar-refractivity contribution in [3.8, 4) is 5.75 Å². The van der Waals surface area contributed by atoms with E-state index in [0.29, 0.717) is 18.6 Å². The van der Waals surface area contributed by atoms with Crippen LogP contribution in [0.2, 0.25) is 0 Å². The van der Waals surface area contributed by atoms with E-state index in [2.05, 4.69) is 4.98 Å². The molecule has 17 heavy (non-hydrogen) atoms. The number of ether oxygens (including phenoxy) is 1. The van der Waals surface area contributed by atoms with E-state index >= 15 is 0 Å². The molecule has 0 aliphatic heterocycles. The van der Waals surface area contributed by atoms with Gasteiger partial charge in [0.25, 0.3) is 0 Å². The van der Waals surface area contributed by atoms with Gasteiger partial charge in [-0.15, -0.1) is 0 Å². The Morgan fingerprint density at radius 1 is 1.29 bits per heavy atom. The maximum atomic E-state index is 13.2. The number of nitrogens with zero attached hydrogens (tertiary/aromatic N) is 1. The molecule has 3 nitrogen and oxygen atoms in total. The van der Waals surface area contributed by atoms with Crippen LogP contribution in [0.4, 0.5) is 4.39 Å². The van der Waals surface area contributed by atoms with Crippen molar-refractivity contribution in [2.75, 3.05) is 0 Å². The van der Waals surface area contributed by atoms with Crippen molar-refractivity contribution in [3.63, 3.8) is 0 Å². The molecular weight excluding hydrogens is 221 g/mol. The predicted octanol–water partition coefficient (Wildman–Crippen LogP) is 2.61. The highest BCUT2D eigenvalue weighted by atomic mass is 19.1. The van der Waals surface area contributed by atoms with Gasteiger partial charge in [0, 0.05) is 6.07 Å². The molecule has 0 spiro atoms. The normalized spacial score (nSPS) is 9.94. The molecule has 0 saturated heterocycles. The maximum absolute atomic E-state index is 13.2. The van der Waals surface area contributed by atoms with Crippen LogP contribution in [0, 0.1) is 5.82 Å². The van der Waals surface area contributed by atoms with Gasteiger partial charge < -0.3 is 4.74 Å². The van der Waals surface area contributed by atoms with E-state index in [-0.39, 0.29) is 5.69 Å². The standard InChI is InChI=1S/C13H10FNO2/c14-12-6-11(7-15-13(12)8-16)17-9-10-4-2-1-3-5-10/h1-8H,9H2. The lowest BCUT2D eigenvalue weighted by Gasteiger charge is -2.06. The minimum atomic E-state index is -0.675. The van der Waals surface area contributed by atoms with Gasteiger partial charge in [-0.3, -0.25) is 4.79 Å². The topological polar surface area (TPSA) is 39.2 Å². The number of aromatic nitrogens is 1. The molecule has 0 radical (unpaired) electrons. The molecule has 0 bridgehead atoms. The van der Waals surface area contributed by atoms with Gasteiger partial charge in [0.1, 0.15) is 18.1 Å². The van der Waals surface area contributed by atoms with E-state index in [1.165, 1.54) is 6.20 Å². The van der Waals surface area contributed by atoms with Crippen molar-refractivity contribution in [2.24, 2.45) is 0 Å². The molecule has 86 valence electrons. The number of pyridine rings is 1. The van der Waals surface area contributed by atoms with Gasteiger partial charge in [-0.1, -0.05) is 30.3 Å². The third-order valence-electron chi connectivity index (χ3n) is 2.20. The largest absolute Gasteiger partial charge is 0.487 e. The first kappa shape index (κ1) is 11.3. The lowest BCUT2D eigenvalue weighted by molar-refractivity contribution is 0.111. The Labute approximate surface area is 97.9 Å². The van der Waals surface area contributed by atoms with Crippen molar-refractivity contribution in [1.82, 2.24) is 4.98 Å². The summed E-state index contributed by atoms with van der Waals surface area (Å²) in [5.74, 6) is -0.373. The molecule has 0 aliphatic rings. The van der Waals surface area contributed by atoms with Crippen LogP contribution in [-0.4, -0.2) is 11.3 Å². The van der Waals surface area contributed by atoms with Gasteiger partial charge in [0.05, 0.1) is 6.20 Å². The molecule has 0 unspecified atom stereocenters. The van der Waals surface area contributed by atoms with Crippen molar-refractivity contribution >= 4 is 6.29 Å². The molecule has 2 rings (SSSR count). The number of hydrogen-bond acceptors (Lipinski definition) is 3. The van der Waals surface area contributed by atoms with E-state index < -0.39 is 5.82 Å². The Morgan fingerprint density at radius 3 is 2.71 bits per heavy atom. The van der Waals surface area contributed by atoms with E-state index in [1.54, 1.807) is 0 Å². The van der Waals surface area contributed by atoms with Gasteiger partial charge in [-0.25, -0.2) is 9.37 Å². The number of carbonyl (C=O) groups is 1. The second-order valence-electron chi connectivity index (χ2n) is 3.43. The smallest absolute Gasteiger partial charge is 0.171 e. The van der Waals surface area contributed by atoms with Gasteiger partial charge in [0.15, 0.2) is 12.1 Å². The molecule has 0 aliphatic carbocycles. The summed E-state index contributed by atoms with van der Waals surface area (Å²) < 4.78 is 18.6. The highest BCUT2D eigenvalue weighted by molar-refractivity contribution is 5.72. The predicted molar refractivity (Wildman–Crippen MR) is 60.4 cm³/mol. The van der Waals surface area contributed by atoms with Gasteiger partial charge in [-0.05, 0) is 5.56 Å². The minimum Gasteiger partial charge on any atom is -0.487 e. The Morgan fingerprint density at radius 2 is 2.06 bits per heavy atom. The second-order valence-corrected chi connectivity index (χ2v) is 3.43. The first-order chi connectivity index (χ1) is 8.29. The van der Waals surface area contributed by atoms with Gasteiger partial charge >= 0.3 is 0 Å². The van der Waals surface area contributed by atoms with E-state index in [4.69, 9.17) is 4.74 Å². The first-order valence-corrected chi connectivity index (χ1v) is 5.07. The molecule has 0 atom stereocenters. The lowest BCUT2D eigenvalue weighted by Crippen LogP contribution is -1.98. The molecule has 1 aromatic carbocycles. The summed E-state index contributed by atoms with van der Waals surface area (Å²) in [5.41, 5.74) is 0.768. The molecule has 0 N–H and O–H groups in total. The zero-order valence-corrected chi connectivity index (χ0v) is 8.97. The average molecular weight is 231 g/mol. The molecule has 0 fully saturated rings. The Kier molecular flexibility index (Phi) is 3.45. The molecule has 0 saturated carbocycles. The summed E-state index contributed by atoms with van der Waals surface area (Å²) in [6.45, 7) is 0.336. The van der Waals surface area contributed by atoms with Crippen LogP contribution in [0.25, 0.3) is 0 Å². The Bertz CT molecular complexity index is 514. The fourth-order valence-electron chi connectivity index (χ4n) is 1.34. The van der Waals surface area contributed by atoms with Gasteiger partial charge in [-0.2, -0.15) is 0 Å². The lowest BCUT2D eigenvalue weighted by atomic mass is 10.2. The first-order valence-electron chi connectivity index (χ1n) is 5.07. The van der Waals surface area contributed by atoms with Gasteiger partial charge in [0.2, 0.25) is 0 Å². The number of rotatable bonds is 4. The van der Waals surface area contributed by atoms with Crippen LogP contribution in [0.5, 0.6) is 5.75 Å². The third-order valence-corrected chi connectivity index (χ3v) is 2.20. The average Bonchev–Trinajstić information content (AvgIpc) is 2.38. The molecule has 4 heteroatoms. The second kappa shape index (κ2) is 5.21. The van der Waals surface area contributed by atoms with Crippen molar-refractivity contribution in [2.45, 2.75) is 6.61 Å². The van der Waals surface area contributed by atoms with Crippen LogP contribution in [0.1, 0.15) is 16.1 Å². The highest BCUT2D eigenvalue weighted by Crippen LogP contribution is 2.14. The molecule has 1 heterocycles. The SMILES string of the molecule is O=Cc1ncc(OCc2ccccc2)cc1F. The molecule has 1 aromatic heterocycles. The highest BCUT2D eigenvalue weighted by Gasteiger charge is 2.04. The Balaban J connectivity index is 2.05. The maximum Gasteiger partial charge on any atom is 0.171 e. The van der Waals surface area contributed by atoms with E-state index in [1.807, 2.05) is 30.3 Å². The fourth-order valence-corrected chi connectivity index (χ4v) is 1.34. The molecular formula is C13H10FNO2. The van der Waals surface area contributed by atoms with Crippen LogP contribution in [0.15, 0.2) is 42.6 Å². The summed E-state index contributed by atoms with van der Waals surface area (Å²) in [6, 6.07) is 10.7. The van der Waals surface area contributed by atoms with Crippen LogP contribution < -0.4 is 4.74 Å². The molecule has 0 amide bonds. The zero-order valence-electron chi connectivity index (χ0n) is 8.97. The number of aldehydes is 1. The number of hydrogen-bond donors (Lipinski definition) is 0. The number of halogens is 1. The van der Waals surface area contributed by atoms with Crippen molar-refractivity contribution in [3.05, 3.63) is 59.7 Å². The van der Waals surface area contributed by atoms with Crippen LogP contribution in [0.3, 0.4) is 0 Å². The quantitative estimate of drug-likeness (QED) is 0.759. The van der Waals surface area contributed by atoms with E-state index in [9.17, 15) is 9.18 Å². The number of carbonyl (C=O) groups excluding carboxylic acids is 1. The van der Waals surface area contributed by atoms with Crippen molar-refractivity contribution in [1.29, 1.82) is 0 Å². The summed E-state index contributed by atoms with van der Waals surface area (Å²) in [5, 5.41) is 0. The minimum absolute atomic E-state index is 0.211. The van der Waals surface area contributed by atoms with E-state index in [0.717, 1.165) is 11.6 Å². The number of benzene rings is 1. The Hall–Kier alpha value is -2.23. The summed E-state index contributed by atoms with van der Waals surface area (Å²) in [4.78, 5) is 14.0. The zero-order chi connectivity index (χ0) is 12.1. The monoisotopic (exact) mass is 231 g/mol. The summed E-state index contributed by atoms with van der Waals surface area (Å²) in [6.07, 6.45) is 1.70. The van der Waals surface area contributed by atoms with Crippen LogP contribution >= 0.6 is 0 Å². The summed E-state index contributed by atoms with van der Waals surface area (Å²) >= 11 is 0. The fraction of sp³-hybridized carbons (Fsp3) is 0.0769. The van der Waals surface area contributed by atoms with Crippen molar-refractivity contribution < 1.29 is 13.9 Å². The summed E-state index contributed by atoms with van der Waals surface area (Å²) in [7, 11) is 0. The molecule has 2 aromatic rings. The van der Waals surface area contributed by atoms with Crippen LogP contribution in [-0.2, 0) is 6.61 Å². The third kappa shape index (κ3) is 2.87.